The minimum atomic E-state index is 0.716. The van der Waals surface area contributed by atoms with E-state index in [9.17, 15) is 0 Å². The lowest BCUT2D eigenvalue weighted by Crippen LogP contribution is -2.15. The van der Waals surface area contributed by atoms with Crippen LogP contribution in [-0.2, 0) is 0 Å². The Morgan fingerprint density at radius 3 is 1.85 bits per heavy atom. The van der Waals surface area contributed by atoms with Gasteiger partial charge in [-0.3, -0.25) is 0 Å². The Labute approximate surface area is 298 Å². The smallest absolute Gasteiger partial charge is 0.0541 e. The molecule has 4 atom stereocenters. The normalized spacial score (nSPS) is 20.8. The average Bonchev–Trinajstić information content (AvgIpc) is 3.80. The number of halogens is 2. The number of nitrogens with zero attached hydrogens (tertiary/aromatic N) is 2. The lowest BCUT2D eigenvalue weighted by Gasteiger charge is -2.30. The van der Waals surface area contributed by atoms with E-state index in [2.05, 4.69) is 175 Å². The largest absolute Gasteiger partial charge is 0.310 e. The number of fused-ring (bicyclic) bond motifs is 7. The number of rotatable bonds is 5. The fraction of sp³-hybridized carbons (Fsp3) is 0.182. The van der Waals surface area contributed by atoms with Crippen molar-refractivity contribution in [2.24, 2.45) is 11.8 Å². The summed E-state index contributed by atoms with van der Waals surface area (Å²) in [5.41, 5.74) is 12.8. The third kappa shape index (κ3) is 4.56. The summed E-state index contributed by atoms with van der Waals surface area (Å²) in [4.78, 5) is 2.39. The standard InChI is InChI=1S/C44H34Br2N2/c45-31-11-15-33(16-12-31)47(34-17-13-32(46)14-18-34)35-22-29(27-9-19-38-37-20-10-28-21-30(25-41(28)37)42(38)24-27)23-36(26-35)48-43-7-3-1-5-39(43)40-6-2-4-8-44(40)48/h1-9,11-19,22-24,26,28,30,37,41H,10,20-21,25H2. The topological polar surface area (TPSA) is 8.17 Å². The van der Waals surface area contributed by atoms with E-state index in [1.54, 1.807) is 11.1 Å². The van der Waals surface area contributed by atoms with Crippen LogP contribution in [0, 0.1) is 11.8 Å². The van der Waals surface area contributed by atoms with Gasteiger partial charge in [0.15, 0.2) is 0 Å². The van der Waals surface area contributed by atoms with Crippen molar-refractivity contribution in [3.05, 3.63) is 154 Å². The molecule has 48 heavy (non-hydrogen) atoms. The van der Waals surface area contributed by atoms with Gasteiger partial charge in [0, 0.05) is 42.5 Å². The van der Waals surface area contributed by atoms with Gasteiger partial charge < -0.3 is 9.47 Å². The Balaban J connectivity index is 1.23. The Morgan fingerprint density at radius 1 is 0.542 bits per heavy atom. The van der Waals surface area contributed by atoms with Gasteiger partial charge in [0.25, 0.3) is 0 Å². The average molecular weight is 751 g/mol. The molecule has 2 bridgehead atoms. The lowest BCUT2D eigenvalue weighted by molar-refractivity contribution is 0.412. The Hall–Kier alpha value is -4.12. The van der Waals surface area contributed by atoms with Crippen LogP contribution in [0.2, 0.25) is 0 Å². The Kier molecular flexibility index (Phi) is 6.74. The summed E-state index contributed by atoms with van der Waals surface area (Å²) in [5, 5.41) is 2.55. The van der Waals surface area contributed by atoms with E-state index in [1.807, 2.05) is 0 Å². The maximum Gasteiger partial charge on any atom is 0.0541 e. The second-order valence-electron chi connectivity index (χ2n) is 14.0. The summed E-state index contributed by atoms with van der Waals surface area (Å²) in [6, 6.07) is 49.6. The van der Waals surface area contributed by atoms with Crippen LogP contribution in [0.1, 0.15) is 48.6 Å². The van der Waals surface area contributed by atoms with Crippen LogP contribution in [0.3, 0.4) is 0 Å². The van der Waals surface area contributed by atoms with Crippen molar-refractivity contribution < 1.29 is 0 Å². The zero-order valence-corrected chi connectivity index (χ0v) is 29.7. The molecule has 7 aromatic rings. The lowest BCUT2D eigenvalue weighted by atomic mass is 9.75. The third-order valence-electron chi connectivity index (χ3n) is 11.5. The fourth-order valence-corrected chi connectivity index (χ4v) is 10.1. The van der Waals surface area contributed by atoms with Crippen LogP contribution in [0.5, 0.6) is 0 Å². The van der Waals surface area contributed by atoms with Crippen molar-refractivity contribution >= 4 is 70.7 Å². The highest BCUT2D eigenvalue weighted by atomic mass is 79.9. The molecular weight excluding hydrogens is 716 g/mol. The van der Waals surface area contributed by atoms with Gasteiger partial charge in [-0.1, -0.05) is 86.5 Å². The van der Waals surface area contributed by atoms with E-state index < -0.39 is 0 Å². The molecule has 0 spiro atoms. The molecule has 2 fully saturated rings. The monoisotopic (exact) mass is 748 g/mol. The Morgan fingerprint density at radius 2 is 1.19 bits per heavy atom. The molecule has 6 aromatic carbocycles. The molecule has 10 rings (SSSR count). The molecule has 1 heterocycles. The highest BCUT2D eigenvalue weighted by Gasteiger charge is 2.49. The van der Waals surface area contributed by atoms with E-state index in [4.69, 9.17) is 0 Å². The molecule has 0 amide bonds. The molecule has 0 aliphatic heterocycles. The first kappa shape index (κ1) is 28.9. The molecule has 4 heteroatoms. The second-order valence-corrected chi connectivity index (χ2v) is 15.8. The van der Waals surface area contributed by atoms with Gasteiger partial charge in [-0.25, -0.2) is 0 Å². The number of anilines is 3. The van der Waals surface area contributed by atoms with Gasteiger partial charge in [-0.05, 0) is 150 Å². The molecule has 1 aromatic heterocycles. The first-order valence-electron chi connectivity index (χ1n) is 17.2. The summed E-state index contributed by atoms with van der Waals surface area (Å²) >= 11 is 7.34. The molecular formula is C44H34Br2N2. The van der Waals surface area contributed by atoms with Crippen molar-refractivity contribution in [1.29, 1.82) is 0 Å². The summed E-state index contributed by atoms with van der Waals surface area (Å²) in [5.74, 6) is 3.34. The molecule has 234 valence electrons. The molecule has 0 saturated heterocycles. The number of hydrogen-bond acceptors (Lipinski definition) is 1. The first-order valence-corrected chi connectivity index (χ1v) is 18.8. The molecule has 2 saturated carbocycles. The van der Waals surface area contributed by atoms with Gasteiger partial charge in [-0.2, -0.15) is 0 Å². The molecule has 3 aliphatic carbocycles. The summed E-state index contributed by atoms with van der Waals surface area (Å²) in [7, 11) is 0. The maximum absolute atomic E-state index is 3.67. The van der Waals surface area contributed by atoms with Crippen LogP contribution >= 0.6 is 31.9 Å². The zero-order chi connectivity index (χ0) is 31.9. The van der Waals surface area contributed by atoms with Crippen molar-refractivity contribution in [3.8, 4) is 16.8 Å². The first-order chi connectivity index (χ1) is 23.6. The van der Waals surface area contributed by atoms with E-state index in [0.717, 1.165) is 49.4 Å². The molecule has 0 N–H and O–H groups in total. The molecule has 3 aliphatic rings. The molecule has 2 nitrogen and oxygen atoms in total. The summed E-state index contributed by atoms with van der Waals surface area (Å²) in [6.07, 6.45) is 5.57. The van der Waals surface area contributed by atoms with Crippen LogP contribution < -0.4 is 4.90 Å². The fourth-order valence-electron chi connectivity index (χ4n) is 9.52. The van der Waals surface area contributed by atoms with Crippen molar-refractivity contribution in [2.45, 2.75) is 37.5 Å². The van der Waals surface area contributed by atoms with Gasteiger partial charge in [0.1, 0.15) is 0 Å². The maximum atomic E-state index is 3.67. The number of para-hydroxylation sites is 2. The SMILES string of the molecule is Brc1ccc(N(c2ccc(Br)cc2)c2cc(-c3ccc4c(c3)C3CC5CCC4C5C3)cc(-n3c4ccccc4c4ccccc43)c2)cc1. The number of hydrogen-bond donors (Lipinski definition) is 0. The third-order valence-corrected chi connectivity index (χ3v) is 12.6. The van der Waals surface area contributed by atoms with Crippen LogP contribution in [0.15, 0.2) is 142 Å². The van der Waals surface area contributed by atoms with E-state index in [1.165, 1.54) is 58.6 Å². The summed E-state index contributed by atoms with van der Waals surface area (Å²) in [6.45, 7) is 0. The van der Waals surface area contributed by atoms with Gasteiger partial charge in [0.2, 0.25) is 0 Å². The summed E-state index contributed by atoms with van der Waals surface area (Å²) < 4.78 is 4.59. The van der Waals surface area contributed by atoms with Gasteiger partial charge in [-0.15, -0.1) is 0 Å². The van der Waals surface area contributed by atoms with Crippen LogP contribution in [0.25, 0.3) is 38.6 Å². The predicted octanol–water partition coefficient (Wildman–Crippen LogP) is 13.4. The Bertz CT molecular complexity index is 2250. The van der Waals surface area contributed by atoms with Crippen molar-refractivity contribution in [3.63, 3.8) is 0 Å². The number of aromatic nitrogens is 1. The quantitative estimate of drug-likeness (QED) is 0.170. The molecule has 4 unspecified atom stereocenters. The highest BCUT2D eigenvalue weighted by molar-refractivity contribution is 9.10. The number of benzene rings is 6. The van der Waals surface area contributed by atoms with Gasteiger partial charge >= 0.3 is 0 Å². The van der Waals surface area contributed by atoms with Crippen LogP contribution in [-0.4, -0.2) is 4.57 Å². The minimum absolute atomic E-state index is 0.716. The van der Waals surface area contributed by atoms with Crippen molar-refractivity contribution in [2.75, 3.05) is 4.90 Å². The second kappa shape index (κ2) is 11.2. The van der Waals surface area contributed by atoms with E-state index >= 15 is 0 Å². The molecule has 0 radical (unpaired) electrons. The zero-order valence-electron chi connectivity index (χ0n) is 26.5. The minimum Gasteiger partial charge on any atom is -0.310 e. The van der Waals surface area contributed by atoms with E-state index in [-0.39, 0.29) is 0 Å². The van der Waals surface area contributed by atoms with Gasteiger partial charge in [0.05, 0.1) is 11.0 Å². The van der Waals surface area contributed by atoms with Crippen LogP contribution in [0.4, 0.5) is 17.1 Å². The highest BCUT2D eigenvalue weighted by Crippen LogP contribution is 2.62. The van der Waals surface area contributed by atoms with E-state index in [0.29, 0.717) is 5.92 Å². The van der Waals surface area contributed by atoms with Crippen molar-refractivity contribution in [1.82, 2.24) is 4.57 Å². The predicted molar refractivity (Wildman–Crippen MR) is 207 cm³/mol.